The molecule has 174 valence electrons. The van der Waals surface area contributed by atoms with Crippen LogP contribution in [0, 0.1) is 5.82 Å². The average Bonchev–Trinajstić information content (AvgIpc) is 2.82. The van der Waals surface area contributed by atoms with E-state index in [2.05, 4.69) is 20.5 Å². The van der Waals surface area contributed by atoms with Crippen molar-refractivity contribution in [2.24, 2.45) is 4.99 Å². The van der Waals surface area contributed by atoms with Gasteiger partial charge in [-0.15, -0.1) is 24.0 Å². The van der Waals surface area contributed by atoms with Gasteiger partial charge in [0.15, 0.2) is 5.96 Å². The third-order valence-corrected chi connectivity index (χ3v) is 5.32. The van der Waals surface area contributed by atoms with Gasteiger partial charge < -0.3 is 25.2 Å². The van der Waals surface area contributed by atoms with Crippen LogP contribution in [0.2, 0.25) is 0 Å². The minimum absolute atomic E-state index is 0. The molecule has 1 amide bonds. The number of para-hydroxylation sites is 1. The van der Waals surface area contributed by atoms with Gasteiger partial charge in [0.2, 0.25) is 5.91 Å². The van der Waals surface area contributed by atoms with Crippen LogP contribution in [-0.2, 0) is 11.3 Å². The van der Waals surface area contributed by atoms with Crippen molar-refractivity contribution >= 4 is 41.5 Å². The lowest BCUT2D eigenvalue weighted by Gasteiger charge is -2.36. The molecule has 0 aromatic heterocycles. The number of rotatable bonds is 7. The molecule has 32 heavy (non-hydrogen) atoms. The number of methoxy groups -OCH3 is 1. The highest BCUT2D eigenvalue weighted by atomic mass is 127. The molecule has 7 nitrogen and oxygen atoms in total. The summed E-state index contributed by atoms with van der Waals surface area (Å²) in [5.74, 6) is 1.34. The summed E-state index contributed by atoms with van der Waals surface area (Å²) in [6.45, 7) is 3.89. The Morgan fingerprint density at radius 1 is 1.06 bits per heavy atom. The van der Waals surface area contributed by atoms with E-state index in [0.717, 1.165) is 30.1 Å². The summed E-state index contributed by atoms with van der Waals surface area (Å²) in [5.41, 5.74) is 2.02. The zero-order valence-corrected chi connectivity index (χ0v) is 20.8. The van der Waals surface area contributed by atoms with E-state index in [1.54, 1.807) is 26.3 Å². The minimum atomic E-state index is -0.238. The van der Waals surface area contributed by atoms with E-state index in [4.69, 9.17) is 4.74 Å². The summed E-state index contributed by atoms with van der Waals surface area (Å²) < 4.78 is 18.5. The molecule has 0 radical (unpaired) electrons. The molecule has 3 rings (SSSR count). The molecule has 1 aliphatic heterocycles. The first-order valence-electron chi connectivity index (χ1n) is 10.5. The topological polar surface area (TPSA) is 69.2 Å². The molecule has 2 aromatic rings. The lowest BCUT2D eigenvalue weighted by Crippen LogP contribution is -2.49. The van der Waals surface area contributed by atoms with Crippen LogP contribution in [0.25, 0.3) is 0 Å². The molecule has 0 spiro atoms. The summed E-state index contributed by atoms with van der Waals surface area (Å²) in [6, 6.07) is 14.3. The molecule has 1 fully saturated rings. The first-order chi connectivity index (χ1) is 15.1. The molecule has 1 heterocycles. The van der Waals surface area contributed by atoms with Gasteiger partial charge in [0, 0.05) is 64.0 Å². The molecule has 1 aliphatic rings. The van der Waals surface area contributed by atoms with E-state index in [1.165, 1.54) is 12.1 Å². The number of carbonyl (C=O) groups excluding carboxylic acids is 1. The van der Waals surface area contributed by atoms with Crippen molar-refractivity contribution < 1.29 is 13.9 Å². The van der Waals surface area contributed by atoms with Gasteiger partial charge in [-0.3, -0.25) is 9.79 Å². The Labute approximate surface area is 206 Å². The van der Waals surface area contributed by atoms with Gasteiger partial charge in [-0.25, -0.2) is 4.39 Å². The standard InChI is InChI=1S/C23H30FN5O2.HI/c1-25-23(27-17-18-5-3-4-6-21(18)31-2)26-12-11-22(30)29-15-13-28(14-16-29)20-9-7-19(24)8-10-20;/h3-10H,11-17H2,1-2H3,(H2,25,26,27);1H. The van der Waals surface area contributed by atoms with E-state index >= 15 is 0 Å². The van der Waals surface area contributed by atoms with E-state index in [-0.39, 0.29) is 35.7 Å². The number of halogens is 2. The predicted octanol–water partition coefficient (Wildman–Crippen LogP) is 2.86. The fraction of sp³-hybridized carbons (Fsp3) is 0.391. The number of nitrogens with zero attached hydrogens (tertiary/aromatic N) is 3. The maximum absolute atomic E-state index is 13.1. The van der Waals surface area contributed by atoms with Crippen molar-refractivity contribution in [1.29, 1.82) is 0 Å². The van der Waals surface area contributed by atoms with Crippen LogP contribution in [0.4, 0.5) is 10.1 Å². The van der Waals surface area contributed by atoms with E-state index in [0.29, 0.717) is 38.6 Å². The fourth-order valence-corrected chi connectivity index (χ4v) is 3.56. The molecule has 9 heteroatoms. The number of piperazine rings is 1. The number of carbonyl (C=O) groups is 1. The molecule has 0 aliphatic carbocycles. The zero-order chi connectivity index (χ0) is 22.1. The first-order valence-corrected chi connectivity index (χ1v) is 10.5. The predicted molar refractivity (Wildman–Crippen MR) is 136 cm³/mol. The lowest BCUT2D eigenvalue weighted by atomic mass is 10.2. The van der Waals surface area contributed by atoms with Crippen LogP contribution in [0.1, 0.15) is 12.0 Å². The van der Waals surface area contributed by atoms with E-state index < -0.39 is 0 Å². The van der Waals surface area contributed by atoms with Crippen molar-refractivity contribution in [2.45, 2.75) is 13.0 Å². The lowest BCUT2D eigenvalue weighted by molar-refractivity contribution is -0.131. The third kappa shape index (κ3) is 7.25. The summed E-state index contributed by atoms with van der Waals surface area (Å²) in [5, 5.41) is 6.43. The highest BCUT2D eigenvalue weighted by Crippen LogP contribution is 2.18. The van der Waals surface area contributed by atoms with Gasteiger partial charge in [0.1, 0.15) is 11.6 Å². The number of hydrogen-bond donors (Lipinski definition) is 2. The molecule has 2 N–H and O–H groups in total. The molecule has 0 bridgehead atoms. The monoisotopic (exact) mass is 555 g/mol. The fourth-order valence-electron chi connectivity index (χ4n) is 3.56. The molecule has 0 saturated carbocycles. The normalized spacial score (nSPS) is 13.9. The van der Waals surface area contributed by atoms with Crippen LogP contribution in [0.3, 0.4) is 0 Å². The van der Waals surface area contributed by atoms with Crippen molar-refractivity contribution in [3.05, 3.63) is 59.9 Å². The maximum atomic E-state index is 13.1. The maximum Gasteiger partial charge on any atom is 0.224 e. The van der Waals surface area contributed by atoms with Gasteiger partial charge in [-0.05, 0) is 30.3 Å². The van der Waals surface area contributed by atoms with Gasteiger partial charge in [-0.2, -0.15) is 0 Å². The second kappa shape index (κ2) is 13.1. The second-order valence-corrected chi connectivity index (χ2v) is 7.26. The summed E-state index contributed by atoms with van der Waals surface area (Å²) in [4.78, 5) is 20.8. The van der Waals surface area contributed by atoms with Crippen LogP contribution >= 0.6 is 24.0 Å². The Balaban J connectivity index is 0.00000363. The molecule has 0 unspecified atom stereocenters. The number of aliphatic imine (C=N–C) groups is 1. The van der Waals surface area contributed by atoms with Gasteiger partial charge >= 0.3 is 0 Å². The highest BCUT2D eigenvalue weighted by Gasteiger charge is 2.21. The Morgan fingerprint density at radius 2 is 1.75 bits per heavy atom. The van der Waals surface area contributed by atoms with Crippen LogP contribution in [-0.4, -0.2) is 63.6 Å². The second-order valence-electron chi connectivity index (χ2n) is 7.26. The van der Waals surface area contributed by atoms with Gasteiger partial charge in [0.25, 0.3) is 0 Å². The van der Waals surface area contributed by atoms with E-state index in [9.17, 15) is 9.18 Å². The van der Waals surface area contributed by atoms with Crippen molar-refractivity contribution in [1.82, 2.24) is 15.5 Å². The quantitative estimate of drug-likeness (QED) is 0.313. The van der Waals surface area contributed by atoms with E-state index in [1.807, 2.05) is 29.2 Å². The zero-order valence-electron chi connectivity index (χ0n) is 18.5. The van der Waals surface area contributed by atoms with Crippen molar-refractivity contribution in [3.63, 3.8) is 0 Å². The molecular weight excluding hydrogens is 524 g/mol. The largest absolute Gasteiger partial charge is 0.496 e. The Bertz CT molecular complexity index is 886. The van der Waals surface area contributed by atoms with Crippen LogP contribution in [0.5, 0.6) is 5.75 Å². The number of benzene rings is 2. The van der Waals surface area contributed by atoms with Gasteiger partial charge in [-0.1, -0.05) is 18.2 Å². The highest BCUT2D eigenvalue weighted by molar-refractivity contribution is 14.0. The molecule has 0 atom stereocenters. The summed E-state index contributed by atoms with van der Waals surface area (Å²) >= 11 is 0. The number of nitrogens with one attached hydrogen (secondary N) is 2. The van der Waals surface area contributed by atoms with Crippen LogP contribution < -0.4 is 20.3 Å². The van der Waals surface area contributed by atoms with Crippen molar-refractivity contribution in [2.75, 3.05) is 51.8 Å². The average molecular weight is 555 g/mol. The molecule has 1 saturated heterocycles. The number of hydrogen-bond acceptors (Lipinski definition) is 4. The minimum Gasteiger partial charge on any atom is -0.496 e. The Morgan fingerprint density at radius 3 is 2.41 bits per heavy atom. The SMILES string of the molecule is CN=C(NCCC(=O)N1CCN(c2ccc(F)cc2)CC1)NCc1ccccc1OC.I. The Kier molecular flexibility index (Phi) is 10.5. The summed E-state index contributed by atoms with van der Waals surface area (Å²) in [7, 11) is 3.35. The third-order valence-electron chi connectivity index (χ3n) is 5.32. The molecular formula is C23H31FIN5O2. The molecule has 2 aromatic carbocycles. The number of anilines is 1. The smallest absolute Gasteiger partial charge is 0.224 e. The van der Waals surface area contributed by atoms with Gasteiger partial charge in [0.05, 0.1) is 7.11 Å². The summed E-state index contributed by atoms with van der Waals surface area (Å²) in [6.07, 6.45) is 0.395. The number of guanidine groups is 1. The number of amides is 1. The first kappa shape index (κ1) is 25.7. The Hall–Kier alpha value is -2.56. The van der Waals surface area contributed by atoms with Crippen LogP contribution in [0.15, 0.2) is 53.5 Å². The van der Waals surface area contributed by atoms with Crippen molar-refractivity contribution in [3.8, 4) is 5.75 Å². The number of ether oxygens (including phenoxy) is 1.